The predicted molar refractivity (Wildman–Crippen MR) is 97.1 cm³/mol. The molecule has 1 saturated carbocycles. The molecule has 25 heavy (non-hydrogen) atoms. The van der Waals surface area contributed by atoms with Crippen LogP contribution in [0.25, 0.3) is 0 Å². The van der Waals surface area contributed by atoms with Gasteiger partial charge in [-0.25, -0.2) is 9.97 Å². The molecule has 2 unspecified atom stereocenters. The van der Waals surface area contributed by atoms with Crippen LogP contribution in [-0.2, 0) is 24.2 Å². The number of carbonyl (C=O) groups is 1. The molecule has 0 bridgehead atoms. The van der Waals surface area contributed by atoms with Crippen molar-refractivity contribution in [2.45, 2.75) is 70.9 Å². The molecular weight excluding hydrogens is 312 g/mol. The van der Waals surface area contributed by atoms with Crippen LogP contribution in [0.4, 0.5) is 0 Å². The number of hydrogen-bond donors (Lipinski definition) is 0. The van der Waals surface area contributed by atoms with Crippen molar-refractivity contribution in [1.29, 1.82) is 0 Å². The van der Waals surface area contributed by atoms with Gasteiger partial charge in [0.05, 0.1) is 12.2 Å². The first-order valence-corrected chi connectivity index (χ1v) is 10.1. The lowest BCUT2D eigenvalue weighted by Gasteiger charge is -2.44. The molecule has 0 radical (unpaired) electrons. The fourth-order valence-electron chi connectivity index (χ4n) is 4.92. The van der Waals surface area contributed by atoms with Gasteiger partial charge in [-0.05, 0) is 43.6 Å². The molecule has 1 aliphatic carbocycles. The van der Waals surface area contributed by atoms with E-state index in [2.05, 4.69) is 26.7 Å². The average Bonchev–Trinajstić information content (AvgIpc) is 2.66. The largest absolute Gasteiger partial charge is 0.338 e. The number of amides is 1. The molecule has 2 fully saturated rings. The first kappa shape index (κ1) is 17.0. The summed E-state index contributed by atoms with van der Waals surface area (Å²) >= 11 is 0. The Labute approximate surface area is 150 Å². The molecule has 4 rings (SSSR count). The molecule has 2 aliphatic heterocycles. The number of rotatable bonds is 3. The van der Waals surface area contributed by atoms with E-state index in [1.54, 1.807) is 0 Å². The predicted octanol–water partition coefficient (Wildman–Crippen LogP) is 2.58. The highest BCUT2D eigenvalue weighted by molar-refractivity contribution is 5.78. The van der Waals surface area contributed by atoms with E-state index < -0.39 is 0 Å². The molecule has 2 atom stereocenters. The zero-order valence-corrected chi connectivity index (χ0v) is 15.4. The molecule has 5 nitrogen and oxygen atoms in total. The summed E-state index contributed by atoms with van der Waals surface area (Å²) in [5.74, 6) is 2.01. The van der Waals surface area contributed by atoms with E-state index in [0.717, 1.165) is 49.9 Å². The van der Waals surface area contributed by atoms with Crippen LogP contribution in [-0.4, -0.2) is 51.4 Å². The maximum absolute atomic E-state index is 13.0. The minimum atomic E-state index is 0.338. The number of nitrogens with zero attached hydrogens (tertiary/aromatic N) is 4. The van der Waals surface area contributed by atoms with Crippen LogP contribution in [0, 0.1) is 5.92 Å². The standard InChI is InChI=1S/C20H30N4O/c1-2-19-21-12-16-9-11-23(13-17(16)22-19)14-20(25)24-10-5-7-15-6-3-4-8-18(15)24/h12,15,18H,2-11,13-14H2,1H3. The van der Waals surface area contributed by atoms with Crippen molar-refractivity contribution in [2.24, 2.45) is 5.92 Å². The molecular formula is C20H30N4O. The highest BCUT2D eigenvalue weighted by Crippen LogP contribution is 2.35. The molecule has 1 aromatic heterocycles. The monoisotopic (exact) mass is 342 g/mol. The van der Waals surface area contributed by atoms with E-state index in [1.165, 1.54) is 44.1 Å². The molecule has 1 aromatic rings. The Morgan fingerprint density at radius 2 is 2.04 bits per heavy atom. The molecule has 0 N–H and O–H groups in total. The smallest absolute Gasteiger partial charge is 0.237 e. The van der Waals surface area contributed by atoms with Gasteiger partial charge >= 0.3 is 0 Å². The van der Waals surface area contributed by atoms with Crippen molar-refractivity contribution < 1.29 is 4.79 Å². The lowest BCUT2D eigenvalue weighted by atomic mass is 9.78. The van der Waals surface area contributed by atoms with Crippen LogP contribution in [0.5, 0.6) is 0 Å². The van der Waals surface area contributed by atoms with E-state index >= 15 is 0 Å². The summed E-state index contributed by atoms with van der Waals surface area (Å²) in [4.78, 5) is 26.6. The summed E-state index contributed by atoms with van der Waals surface area (Å²) in [6, 6.07) is 0.515. The van der Waals surface area contributed by atoms with Gasteiger partial charge < -0.3 is 4.90 Å². The van der Waals surface area contributed by atoms with Crippen molar-refractivity contribution in [3.05, 3.63) is 23.3 Å². The van der Waals surface area contributed by atoms with Crippen molar-refractivity contribution in [3.63, 3.8) is 0 Å². The van der Waals surface area contributed by atoms with Gasteiger partial charge in [0, 0.05) is 38.3 Å². The fraction of sp³-hybridized carbons (Fsp3) is 0.750. The average molecular weight is 342 g/mol. The molecule has 5 heteroatoms. The van der Waals surface area contributed by atoms with Gasteiger partial charge in [-0.2, -0.15) is 0 Å². The SMILES string of the molecule is CCc1ncc2c(n1)CN(CC(=O)N1CCCC3CCCCC31)CC2. The number of aryl methyl sites for hydroxylation is 1. The van der Waals surface area contributed by atoms with E-state index in [9.17, 15) is 4.79 Å². The zero-order valence-electron chi connectivity index (χ0n) is 15.4. The van der Waals surface area contributed by atoms with Gasteiger partial charge in [0.25, 0.3) is 0 Å². The van der Waals surface area contributed by atoms with E-state index in [-0.39, 0.29) is 0 Å². The normalized spacial score (nSPS) is 26.8. The van der Waals surface area contributed by atoms with Gasteiger partial charge in [-0.15, -0.1) is 0 Å². The van der Waals surface area contributed by atoms with E-state index in [1.807, 2.05) is 6.20 Å². The van der Waals surface area contributed by atoms with Crippen LogP contribution < -0.4 is 0 Å². The third kappa shape index (κ3) is 3.57. The molecule has 3 heterocycles. The quantitative estimate of drug-likeness (QED) is 0.847. The first-order chi connectivity index (χ1) is 12.2. The van der Waals surface area contributed by atoms with Crippen molar-refractivity contribution >= 4 is 5.91 Å². The van der Waals surface area contributed by atoms with Crippen LogP contribution in [0.15, 0.2) is 6.20 Å². The van der Waals surface area contributed by atoms with Crippen molar-refractivity contribution in [1.82, 2.24) is 19.8 Å². The minimum Gasteiger partial charge on any atom is -0.338 e. The topological polar surface area (TPSA) is 49.3 Å². The Bertz CT molecular complexity index is 630. The van der Waals surface area contributed by atoms with Crippen molar-refractivity contribution in [2.75, 3.05) is 19.6 Å². The number of likely N-dealkylation sites (tertiary alicyclic amines) is 1. The van der Waals surface area contributed by atoms with Crippen molar-refractivity contribution in [3.8, 4) is 0 Å². The number of carbonyl (C=O) groups excluding carboxylic acids is 1. The Morgan fingerprint density at radius 1 is 1.20 bits per heavy atom. The van der Waals surface area contributed by atoms with E-state index in [4.69, 9.17) is 0 Å². The fourth-order valence-corrected chi connectivity index (χ4v) is 4.92. The molecule has 1 amide bonds. The van der Waals surface area contributed by atoms with Crippen LogP contribution in [0.3, 0.4) is 0 Å². The van der Waals surface area contributed by atoms with Crippen LogP contribution >= 0.6 is 0 Å². The first-order valence-electron chi connectivity index (χ1n) is 10.1. The Morgan fingerprint density at radius 3 is 2.92 bits per heavy atom. The van der Waals surface area contributed by atoms with Gasteiger partial charge in [-0.1, -0.05) is 19.8 Å². The summed E-state index contributed by atoms with van der Waals surface area (Å²) < 4.78 is 0. The maximum Gasteiger partial charge on any atom is 0.237 e. The zero-order chi connectivity index (χ0) is 17.2. The number of aromatic nitrogens is 2. The Balaban J connectivity index is 1.40. The number of piperidine rings is 1. The molecule has 0 spiro atoms. The van der Waals surface area contributed by atoms with E-state index in [0.29, 0.717) is 18.5 Å². The highest BCUT2D eigenvalue weighted by Gasteiger charge is 2.36. The number of fused-ring (bicyclic) bond motifs is 2. The third-order valence-electron chi connectivity index (χ3n) is 6.31. The second-order valence-electron chi connectivity index (χ2n) is 7.91. The molecule has 1 saturated heterocycles. The Hall–Kier alpha value is -1.49. The van der Waals surface area contributed by atoms with Gasteiger partial charge in [0.15, 0.2) is 0 Å². The summed E-state index contributed by atoms with van der Waals surface area (Å²) in [5, 5.41) is 0. The molecule has 136 valence electrons. The van der Waals surface area contributed by atoms with Gasteiger partial charge in [0.2, 0.25) is 5.91 Å². The lowest BCUT2D eigenvalue weighted by molar-refractivity contribution is -0.139. The summed E-state index contributed by atoms with van der Waals surface area (Å²) in [6.07, 6.45) is 11.5. The number of hydrogen-bond acceptors (Lipinski definition) is 4. The third-order valence-corrected chi connectivity index (χ3v) is 6.31. The second-order valence-corrected chi connectivity index (χ2v) is 7.91. The van der Waals surface area contributed by atoms with Gasteiger partial charge in [0.1, 0.15) is 5.82 Å². The van der Waals surface area contributed by atoms with Crippen LogP contribution in [0.1, 0.15) is 62.5 Å². The van der Waals surface area contributed by atoms with Gasteiger partial charge in [-0.3, -0.25) is 9.69 Å². The minimum absolute atomic E-state index is 0.338. The molecule has 0 aromatic carbocycles. The summed E-state index contributed by atoms with van der Waals surface area (Å²) in [6.45, 7) is 5.33. The molecule has 3 aliphatic rings. The summed E-state index contributed by atoms with van der Waals surface area (Å²) in [7, 11) is 0. The second kappa shape index (κ2) is 7.40. The Kier molecular flexibility index (Phi) is 5.02. The summed E-state index contributed by atoms with van der Waals surface area (Å²) in [5.41, 5.74) is 2.38. The lowest BCUT2D eigenvalue weighted by Crippen LogP contribution is -2.52. The maximum atomic E-state index is 13.0. The van der Waals surface area contributed by atoms with Crippen LogP contribution in [0.2, 0.25) is 0 Å². The highest BCUT2D eigenvalue weighted by atomic mass is 16.2.